The molecular weight excluding hydrogens is 441 g/mol. The van der Waals surface area contributed by atoms with Crippen LogP contribution in [0.3, 0.4) is 0 Å². The summed E-state index contributed by atoms with van der Waals surface area (Å²) in [5.74, 6) is -2.17. The molecule has 7 nitrogen and oxygen atoms in total. The van der Waals surface area contributed by atoms with Gasteiger partial charge in [-0.25, -0.2) is 0 Å². The summed E-state index contributed by atoms with van der Waals surface area (Å²) >= 11 is 18.0. The van der Waals surface area contributed by atoms with E-state index in [1.54, 1.807) is 6.07 Å². The van der Waals surface area contributed by atoms with Gasteiger partial charge in [-0.2, -0.15) is 0 Å². The predicted octanol–water partition coefficient (Wildman–Crippen LogP) is 4.23. The zero-order valence-electron chi connectivity index (χ0n) is 15.2. The van der Waals surface area contributed by atoms with E-state index in [2.05, 4.69) is 10.6 Å². The van der Waals surface area contributed by atoms with E-state index in [9.17, 15) is 19.2 Å². The average molecular weight is 455 g/mol. The van der Waals surface area contributed by atoms with Crippen LogP contribution in [0.2, 0.25) is 15.1 Å². The van der Waals surface area contributed by atoms with Crippen LogP contribution >= 0.6 is 34.8 Å². The molecule has 150 valence electrons. The Morgan fingerprint density at radius 3 is 1.93 bits per heavy atom. The number of benzene rings is 2. The summed E-state index contributed by atoms with van der Waals surface area (Å²) in [4.78, 5) is 49.9. The fraction of sp³-hybridized carbons (Fsp3) is 0.158. The summed E-state index contributed by atoms with van der Waals surface area (Å²) in [6, 6.07) is 6.02. The molecule has 1 heterocycles. The SMILES string of the molecule is CC(=O)Nc1ccc(NC(=O)C(C)N2C(=O)c3cc(Cl)c(Cl)cc3C2=O)c(Cl)c1. The molecule has 0 saturated carbocycles. The summed E-state index contributed by atoms with van der Waals surface area (Å²) in [7, 11) is 0. The average Bonchev–Trinajstić information content (AvgIpc) is 2.87. The van der Waals surface area contributed by atoms with Gasteiger partial charge in [-0.3, -0.25) is 24.1 Å². The number of hydrogen-bond donors (Lipinski definition) is 2. The van der Waals surface area contributed by atoms with Crippen molar-refractivity contribution in [2.45, 2.75) is 19.9 Å². The summed E-state index contributed by atoms with van der Waals surface area (Å²) in [6.07, 6.45) is 0. The maximum atomic E-state index is 12.7. The van der Waals surface area contributed by atoms with E-state index in [0.717, 1.165) is 4.90 Å². The molecule has 10 heteroatoms. The zero-order chi connectivity index (χ0) is 21.5. The Labute approximate surface area is 180 Å². The number of fused-ring (bicyclic) bond motifs is 1. The molecule has 1 atom stereocenters. The van der Waals surface area contributed by atoms with Gasteiger partial charge in [-0.15, -0.1) is 0 Å². The zero-order valence-corrected chi connectivity index (χ0v) is 17.4. The lowest BCUT2D eigenvalue weighted by Gasteiger charge is -2.22. The van der Waals surface area contributed by atoms with Crippen molar-refractivity contribution < 1.29 is 19.2 Å². The van der Waals surface area contributed by atoms with Gasteiger partial charge in [0.15, 0.2) is 0 Å². The van der Waals surface area contributed by atoms with Crippen molar-refractivity contribution in [3.8, 4) is 0 Å². The molecule has 1 aliphatic heterocycles. The molecule has 0 aromatic heterocycles. The van der Waals surface area contributed by atoms with Gasteiger partial charge in [-0.1, -0.05) is 34.8 Å². The number of hydrogen-bond acceptors (Lipinski definition) is 4. The normalized spacial score (nSPS) is 13.9. The molecule has 0 spiro atoms. The third kappa shape index (κ3) is 4.07. The summed E-state index contributed by atoms with van der Waals surface area (Å²) < 4.78 is 0. The van der Waals surface area contributed by atoms with Gasteiger partial charge in [0.1, 0.15) is 6.04 Å². The highest BCUT2D eigenvalue weighted by Gasteiger charge is 2.41. The Kier molecular flexibility index (Phi) is 5.84. The van der Waals surface area contributed by atoms with Crippen LogP contribution in [-0.4, -0.2) is 34.6 Å². The molecule has 29 heavy (non-hydrogen) atoms. The van der Waals surface area contributed by atoms with Gasteiger partial charge in [0, 0.05) is 12.6 Å². The first-order valence-electron chi connectivity index (χ1n) is 8.35. The summed E-state index contributed by atoms with van der Waals surface area (Å²) in [6.45, 7) is 2.77. The van der Waals surface area contributed by atoms with Gasteiger partial charge < -0.3 is 10.6 Å². The van der Waals surface area contributed by atoms with E-state index in [1.165, 1.54) is 38.1 Å². The van der Waals surface area contributed by atoms with Crippen LogP contribution in [0, 0.1) is 0 Å². The largest absolute Gasteiger partial charge is 0.326 e. The summed E-state index contributed by atoms with van der Waals surface area (Å²) in [5, 5.41) is 5.60. The molecule has 0 bridgehead atoms. The molecule has 1 unspecified atom stereocenters. The first kappa shape index (κ1) is 21.1. The molecule has 0 radical (unpaired) electrons. The van der Waals surface area contributed by atoms with Crippen molar-refractivity contribution >= 4 is 69.8 Å². The number of halogens is 3. The molecule has 4 amide bonds. The summed E-state index contributed by atoms with van der Waals surface area (Å²) in [5.41, 5.74) is 0.895. The van der Waals surface area contributed by atoms with E-state index in [-0.39, 0.29) is 37.8 Å². The number of anilines is 2. The van der Waals surface area contributed by atoms with Crippen LogP contribution in [0.15, 0.2) is 30.3 Å². The van der Waals surface area contributed by atoms with Crippen molar-refractivity contribution in [1.29, 1.82) is 0 Å². The van der Waals surface area contributed by atoms with E-state index >= 15 is 0 Å². The van der Waals surface area contributed by atoms with Crippen LogP contribution < -0.4 is 10.6 Å². The highest BCUT2D eigenvalue weighted by atomic mass is 35.5. The lowest BCUT2D eigenvalue weighted by atomic mass is 10.1. The fourth-order valence-corrected chi connectivity index (χ4v) is 3.41. The fourth-order valence-electron chi connectivity index (χ4n) is 2.86. The van der Waals surface area contributed by atoms with Crippen molar-refractivity contribution in [2.75, 3.05) is 10.6 Å². The Hall–Kier alpha value is -2.61. The second-order valence-corrected chi connectivity index (χ2v) is 7.55. The van der Waals surface area contributed by atoms with Crippen LogP contribution in [-0.2, 0) is 9.59 Å². The molecule has 3 rings (SSSR count). The molecule has 0 fully saturated rings. The molecular formula is C19H14Cl3N3O4. The first-order chi connectivity index (χ1) is 13.6. The van der Waals surface area contributed by atoms with Crippen molar-refractivity contribution in [3.63, 3.8) is 0 Å². The molecule has 2 aromatic carbocycles. The maximum absolute atomic E-state index is 12.7. The van der Waals surface area contributed by atoms with Gasteiger partial charge >= 0.3 is 0 Å². The van der Waals surface area contributed by atoms with E-state index in [0.29, 0.717) is 5.69 Å². The number of carbonyl (C=O) groups is 4. The quantitative estimate of drug-likeness (QED) is 0.676. The third-order valence-corrected chi connectivity index (χ3v) is 5.31. The predicted molar refractivity (Wildman–Crippen MR) is 111 cm³/mol. The van der Waals surface area contributed by atoms with Crippen molar-refractivity contribution in [3.05, 3.63) is 56.5 Å². The number of carbonyl (C=O) groups excluding carboxylic acids is 4. The van der Waals surface area contributed by atoms with Crippen molar-refractivity contribution in [2.24, 2.45) is 0 Å². The number of imide groups is 1. The lowest BCUT2D eigenvalue weighted by Crippen LogP contribution is -2.45. The number of nitrogens with one attached hydrogen (secondary N) is 2. The van der Waals surface area contributed by atoms with E-state index in [1.807, 2.05) is 0 Å². The molecule has 2 N–H and O–H groups in total. The van der Waals surface area contributed by atoms with Crippen LogP contribution in [0.4, 0.5) is 11.4 Å². The van der Waals surface area contributed by atoms with Gasteiger partial charge in [0.05, 0.1) is 31.9 Å². The smallest absolute Gasteiger partial charge is 0.262 e. The topological polar surface area (TPSA) is 95.6 Å². The number of nitrogens with zero attached hydrogens (tertiary/aromatic N) is 1. The van der Waals surface area contributed by atoms with Gasteiger partial charge in [0.2, 0.25) is 11.8 Å². The Balaban J connectivity index is 1.80. The minimum Gasteiger partial charge on any atom is -0.326 e. The highest BCUT2D eigenvalue weighted by molar-refractivity contribution is 6.43. The van der Waals surface area contributed by atoms with Gasteiger partial charge in [-0.05, 0) is 37.3 Å². The third-order valence-electron chi connectivity index (χ3n) is 4.27. The van der Waals surface area contributed by atoms with Crippen molar-refractivity contribution in [1.82, 2.24) is 4.90 Å². The molecule has 2 aromatic rings. The molecule has 0 saturated heterocycles. The van der Waals surface area contributed by atoms with Crippen LogP contribution in [0.25, 0.3) is 0 Å². The van der Waals surface area contributed by atoms with E-state index < -0.39 is 23.8 Å². The second kappa shape index (κ2) is 8.02. The standard InChI is InChI=1S/C19H14Cl3N3O4/c1-8(17(27)24-16-4-3-10(5-15(16)22)23-9(2)26)25-18(28)11-6-13(20)14(21)7-12(11)19(25)29/h3-8H,1-2H3,(H,23,26)(H,24,27). The Morgan fingerprint density at radius 1 is 0.897 bits per heavy atom. The molecule has 1 aliphatic rings. The van der Waals surface area contributed by atoms with E-state index in [4.69, 9.17) is 34.8 Å². The van der Waals surface area contributed by atoms with Crippen LogP contribution in [0.5, 0.6) is 0 Å². The lowest BCUT2D eigenvalue weighted by molar-refractivity contribution is -0.119. The number of rotatable bonds is 4. The first-order valence-corrected chi connectivity index (χ1v) is 9.48. The monoisotopic (exact) mass is 453 g/mol. The second-order valence-electron chi connectivity index (χ2n) is 6.33. The highest BCUT2D eigenvalue weighted by Crippen LogP contribution is 2.33. The van der Waals surface area contributed by atoms with Gasteiger partial charge in [0.25, 0.3) is 11.8 Å². The Morgan fingerprint density at radius 2 is 1.45 bits per heavy atom. The number of amides is 4. The van der Waals surface area contributed by atoms with Crippen LogP contribution in [0.1, 0.15) is 34.6 Å². The minimum atomic E-state index is -1.12. The maximum Gasteiger partial charge on any atom is 0.262 e. The minimum absolute atomic E-state index is 0.0849. The Bertz CT molecular complexity index is 1030. The molecule has 0 aliphatic carbocycles.